The van der Waals surface area contributed by atoms with Crippen LogP contribution in [0.2, 0.25) is 0 Å². The molecule has 0 heterocycles. The summed E-state index contributed by atoms with van der Waals surface area (Å²) in [5, 5.41) is 8.42. The molecule has 1 N–H and O–H groups in total. The summed E-state index contributed by atoms with van der Waals surface area (Å²) in [5.41, 5.74) is -3.74. The van der Waals surface area contributed by atoms with Gasteiger partial charge in [-0.25, -0.2) is 17.6 Å². The van der Waals surface area contributed by atoms with Crippen LogP contribution in [-0.4, -0.2) is 11.7 Å². The van der Waals surface area contributed by atoms with Gasteiger partial charge in [0, 0.05) is 12.2 Å². The summed E-state index contributed by atoms with van der Waals surface area (Å²) in [6.45, 7) is -0.525. The van der Waals surface area contributed by atoms with E-state index in [1.807, 2.05) is 0 Å². The van der Waals surface area contributed by atoms with Crippen molar-refractivity contribution >= 4 is 0 Å². The summed E-state index contributed by atoms with van der Waals surface area (Å²) in [7, 11) is 0. The van der Waals surface area contributed by atoms with E-state index in [2.05, 4.69) is 0 Å². The SMILES string of the molecule is OCCCc1c(F)c(F)c(C(F)(F)F)c(F)c1F. The van der Waals surface area contributed by atoms with Crippen molar-refractivity contribution in [3.63, 3.8) is 0 Å². The van der Waals surface area contributed by atoms with E-state index >= 15 is 0 Å². The number of aliphatic hydroxyl groups is 1. The molecule has 1 aromatic carbocycles. The van der Waals surface area contributed by atoms with Crippen LogP contribution in [-0.2, 0) is 12.6 Å². The summed E-state index contributed by atoms with van der Waals surface area (Å²) in [6, 6.07) is 0. The van der Waals surface area contributed by atoms with Gasteiger partial charge in [0.05, 0.1) is 0 Å². The summed E-state index contributed by atoms with van der Waals surface area (Å²) in [4.78, 5) is 0. The van der Waals surface area contributed by atoms with Crippen molar-refractivity contribution in [2.45, 2.75) is 19.0 Å². The molecular weight excluding hydrogens is 269 g/mol. The van der Waals surface area contributed by atoms with Crippen LogP contribution in [0.25, 0.3) is 0 Å². The lowest BCUT2D eigenvalue weighted by atomic mass is 10.0. The Morgan fingerprint density at radius 1 is 0.833 bits per heavy atom. The maximum absolute atomic E-state index is 13.2. The number of rotatable bonds is 3. The second kappa shape index (κ2) is 5.13. The number of alkyl halides is 3. The predicted octanol–water partition coefficient (Wildman–Crippen LogP) is 3.19. The van der Waals surface area contributed by atoms with Crippen molar-refractivity contribution in [2.75, 3.05) is 6.61 Å². The Balaban J connectivity index is 3.46. The molecule has 0 unspecified atom stereocenters. The molecule has 0 spiro atoms. The average molecular weight is 276 g/mol. The smallest absolute Gasteiger partial charge is 0.396 e. The minimum absolute atomic E-state index is 0.238. The van der Waals surface area contributed by atoms with Crippen LogP contribution in [0.1, 0.15) is 17.5 Å². The van der Waals surface area contributed by atoms with Gasteiger partial charge in [0.15, 0.2) is 23.3 Å². The highest BCUT2D eigenvalue weighted by atomic mass is 19.4. The standard InChI is InChI=1S/C10H7F7O/c11-6-4(2-1-3-18)7(12)9(14)5(8(6)13)10(15,16)17/h18H,1-3H2. The maximum Gasteiger partial charge on any atom is 0.422 e. The molecule has 0 bridgehead atoms. The first kappa shape index (κ1) is 14.7. The fourth-order valence-electron chi connectivity index (χ4n) is 1.40. The lowest BCUT2D eigenvalue weighted by molar-refractivity contribution is -0.143. The van der Waals surface area contributed by atoms with Crippen molar-refractivity contribution in [3.05, 3.63) is 34.4 Å². The van der Waals surface area contributed by atoms with E-state index in [1.165, 1.54) is 0 Å². The molecular formula is C10H7F7O. The first-order chi connectivity index (χ1) is 8.21. The van der Waals surface area contributed by atoms with Gasteiger partial charge in [-0.3, -0.25) is 0 Å². The third-order valence-corrected chi connectivity index (χ3v) is 2.22. The van der Waals surface area contributed by atoms with Crippen molar-refractivity contribution in [2.24, 2.45) is 0 Å². The van der Waals surface area contributed by atoms with Crippen LogP contribution in [0.5, 0.6) is 0 Å². The normalized spacial score (nSPS) is 12.0. The zero-order valence-corrected chi connectivity index (χ0v) is 8.71. The molecule has 102 valence electrons. The second-order valence-corrected chi connectivity index (χ2v) is 3.43. The Bertz CT molecular complexity index is 424. The zero-order chi connectivity index (χ0) is 14.1. The highest BCUT2D eigenvalue weighted by Gasteiger charge is 2.42. The van der Waals surface area contributed by atoms with E-state index in [0.29, 0.717) is 0 Å². The number of halogens is 7. The van der Waals surface area contributed by atoms with Crippen LogP contribution in [0.4, 0.5) is 30.7 Å². The molecule has 0 atom stereocenters. The van der Waals surface area contributed by atoms with Crippen LogP contribution in [0, 0.1) is 23.3 Å². The zero-order valence-electron chi connectivity index (χ0n) is 8.71. The molecule has 18 heavy (non-hydrogen) atoms. The van der Waals surface area contributed by atoms with Gasteiger partial charge in [0.25, 0.3) is 0 Å². The van der Waals surface area contributed by atoms with Gasteiger partial charge in [-0.05, 0) is 12.8 Å². The maximum atomic E-state index is 13.2. The number of hydrogen-bond donors (Lipinski definition) is 1. The number of hydrogen-bond acceptors (Lipinski definition) is 1. The minimum Gasteiger partial charge on any atom is -0.396 e. The van der Waals surface area contributed by atoms with Gasteiger partial charge in [0.2, 0.25) is 0 Å². The summed E-state index contributed by atoms with van der Waals surface area (Å²) in [6.07, 6.45) is -6.39. The monoisotopic (exact) mass is 276 g/mol. The van der Waals surface area contributed by atoms with E-state index < -0.39 is 53.6 Å². The van der Waals surface area contributed by atoms with Crippen molar-refractivity contribution in [1.82, 2.24) is 0 Å². The highest BCUT2D eigenvalue weighted by molar-refractivity contribution is 5.31. The average Bonchev–Trinajstić information content (AvgIpc) is 2.25. The highest BCUT2D eigenvalue weighted by Crippen LogP contribution is 2.37. The van der Waals surface area contributed by atoms with Crippen LogP contribution < -0.4 is 0 Å². The number of benzene rings is 1. The third kappa shape index (κ3) is 2.58. The van der Waals surface area contributed by atoms with Gasteiger partial charge in [-0.2, -0.15) is 13.2 Å². The molecule has 0 aliphatic heterocycles. The van der Waals surface area contributed by atoms with Crippen molar-refractivity contribution < 1.29 is 35.8 Å². The Morgan fingerprint density at radius 3 is 1.61 bits per heavy atom. The van der Waals surface area contributed by atoms with E-state index in [-0.39, 0.29) is 6.42 Å². The molecule has 0 amide bonds. The molecule has 1 nitrogen and oxygen atoms in total. The van der Waals surface area contributed by atoms with E-state index in [4.69, 9.17) is 5.11 Å². The molecule has 0 saturated carbocycles. The van der Waals surface area contributed by atoms with Gasteiger partial charge in [0.1, 0.15) is 5.56 Å². The van der Waals surface area contributed by atoms with Crippen LogP contribution >= 0.6 is 0 Å². The van der Waals surface area contributed by atoms with Gasteiger partial charge in [-0.1, -0.05) is 0 Å². The molecule has 8 heteroatoms. The summed E-state index contributed by atoms with van der Waals surface area (Å²) >= 11 is 0. The van der Waals surface area contributed by atoms with Gasteiger partial charge < -0.3 is 5.11 Å². The Morgan fingerprint density at radius 2 is 1.28 bits per heavy atom. The van der Waals surface area contributed by atoms with Crippen LogP contribution in [0.3, 0.4) is 0 Å². The minimum atomic E-state index is -5.54. The van der Waals surface area contributed by atoms with E-state index in [9.17, 15) is 30.7 Å². The first-order valence-electron chi connectivity index (χ1n) is 4.74. The molecule has 1 aromatic rings. The Kier molecular flexibility index (Phi) is 4.20. The fourth-order valence-corrected chi connectivity index (χ4v) is 1.40. The molecule has 1 rings (SSSR count). The van der Waals surface area contributed by atoms with E-state index in [0.717, 1.165) is 0 Å². The Hall–Kier alpha value is -1.31. The molecule has 0 aliphatic carbocycles. The topological polar surface area (TPSA) is 20.2 Å². The van der Waals surface area contributed by atoms with Crippen LogP contribution in [0.15, 0.2) is 0 Å². The first-order valence-corrected chi connectivity index (χ1v) is 4.74. The molecule has 0 saturated heterocycles. The lowest BCUT2D eigenvalue weighted by Crippen LogP contribution is -2.17. The molecule has 0 aromatic heterocycles. The van der Waals surface area contributed by atoms with E-state index in [1.54, 1.807) is 0 Å². The Labute approximate surface area is 96.8 Å². The predicted molar refractivity (Wildman–Crippen MR) is 46.7 cm³/mol. The second-order valence-electron chi connectivity index (χ2n) is 3.43. The summed E-state index contributed by atoms with van der Waals surface area (Å²) in [5.74, 6) is -9.13. The van der Waals surface area contributed by atoms with Gasteiger partial charge in [-0.15, -0.1) is 0 Å². The summed E-state index contributed by atoms with van der Waals surface area (Å²) < 4.78 is 89.1. The quantitative estimate of drug-likeness (QED) is 0.664. The van der Waals surface area contributed by atoms with Gasteiger partial charge >= 0.3 is 6.18 Å². The third-order valence-electron chi connectivity index (χ3n) is 2.22. The fraction of sp³-hybridized carbons (Fsp3) is 0.400. The molecule has 0 radical (unpaired) electrons. The largest absolute Gasteiger partial charge is 0.422 e. The van der Waals surface area contributed by atoms with Crippen molar-refractivity contribution in [3.8, 4) is 0 Å². The number of aliphatic hydroxyl groups excluding tert-OH is 1. The molecule has 0 fully saturated rings. The molecule has 0 aliphatic rings. The lowest BCUT2D eigenvalue weighted by Gasteiger charge is -2.13. The van der Waals surface area contributed by atoms with Crippen molar-refractivity contribution in [1.29, 1.82) is 0 Å².